The molecule has 8 nitrogen and oxygen atoms in total. The molecule has 0 bridgehead atoms. The number of hydrogen-bond donors (Lipinski definition) is 3. The van der Waals surface area contributed by atoms with E-state index in [9.17, 15) is 0 Å². The van der Waals surface area contributed by atoms with Gasteiger partial charge in [-0.1, -0.05) is 0 Å². The zero-order valence-electron chi connectivity index (χ0n) is 11.8. The molecule has 0 aliphatic rings. The molecule has 0 unspecified atom stereocenters. The lowest BCUT2D eigenvalue weighted by atomic mass is 10.0. The molecule has 0 saturated heterocycles. The van der Waals surface area contributed by atoms with Gasteiger partial charge in [0.2, 0.25) is 17.8 Å². The topological polar surface area (TPSA) is 101 Å². The van der Waals surface area contributed by atoms with Crippen LogP contribution >= 0.6 is 0 Å². The number of nitrogens with zero attached hydrogens (tertiary/aromatic N) is 5. The smallest absolute Gasteiger partial charge is 0.241 e. The molecule has 0 spiro atoms. The molecule has 0 amide bonds. The van der Waals surface area contributed by atoms with Crippen molar-refractivity contribution in [2.75, 3.05) is 24.3 Å². The van der Waals surface area contributed by atoms with Gasteiger partial charge < -0.3 is 15.7 Å². The minimum atomic E-state index is -0.312. The number of aliphatic hydroxyl groups excluding tert-OH is 1. The van der Waals surface area contributed by atoms with E-state index >= 15 is 0 Å². The van der Waals surface area contributed by atoms with E-state index in [4.69, 9.17) is 5.11 Å². The monoisotopic (exact) mass is 277 g/mol. The maximum Gasteiger partial charge on any atom is 0.241 e. The van der Waals surface area contributed by atoms with Crippen molar-refractivity contribution in [2.24, 2.45) is 0 Å². The highest BCUT2D eigenvalue weighted by atomic mass is 16.3. The molecule has 0 aromatic carbocycles. The average molecular weight is 277 g/mol. The van der Waals surface area contributed by atoms with E-state index in [1.807, 2.05) is 13.8 Å². The van der Waals surface area contributed by atoms with Crippen molar-refractivity contribution >= 4 is 11.9 Å². The van der Waals surface area contributed by atoms with Gasteiger partial charge >= 0.3 is 0 Å². The summed E-state index contributed by atoms with van der Waals surface area (Å²) in [5.41, 5.74) is -0.312. The van der Waals surface area contributed by atoms with Crippen molar-refractivity contribution in [2.45, 2.75) is 25.8 Å². The van der Waals surface area contributed by atoms with Gasteiger partial charge in [-0.05, 0) is 20.3 Å². The molecular formula is C12H19N7O. The average Bonchev–Trinajstić information content (AvgIpc) is 2.91. The largest absolute Gasteiger partial charge is 0.396 e. The summed E-state index contributed by atoms with van der Waals surface area (Å²) >= 11 is 0. The fourth-order valence-corrected chi connectivity index (χ4v) is 1.67. The highest BCUT2D eigenvalue weighted by Gasteiger charge is 2.19. The van der Waals surface area contributed by atoms with Crippen LogP contribution in [0.5, 0.6) is 0 Å². The molecule has 0 radical (unpaired) electrons. The number of anilines is 2. The third-order valence-electron chi connectivity index (χ3n) is 2.77. The van der Waals surface area contributed by atoms with Crippen LogP contribution in [0.3, 0.4) is 0 Å². The SMILES string of the molecule is CNc1nc(NC(C)(C)CCO)nc(-n2ccnc2)n1. The first-order chi connectivity index (χ1) is 9.54. The van der Waals surface area contributed by atoms with E-state index in [-0.39, 0.29) is 12.1 Å². The van der Waals surface area contributed by atoms with Crippen LogP contribution in [0.25, 0.3) is 5.95 Å². The van der Waals surface area contributed by atoms with Crippen LogP contribution < -0.4 is 10.6 Å². The summed E-state index contributed by atoms with van der Waals surface area (Å²) in [6.07, 6.45) is 5.63. The molecule has 8 heteroatoms. The predicted molar refractivity (Wildman–Crippen MR) is 75.9 cm³/mol. The Morgan fingerprint density at radius 3 is 2.60 bits per heavy atom. The summed E-state index contributed by atoms with van der Waals surface area (Å²) in [6, 6.07) is 0. The fraction of sp³-hybridized carbons (Fsp3) is 0.500. The Balaban J connectivity index is 2.31. The molecule has 0 fully saturated rings. The number of hydrogen-bond acceptors (Lipinski definition) is 7. The molecule has 108 valence electrons. The van der Waals surface area contributed by atoms with E-state index < -0.39 is 0 Å². The van der Waals surface area contributed by atoms with Crippen molar-refractivity contribution in [1.82, 2.24) is 24.5 Å². The van der Waals surface area contributed by atoms with Gasteiger partial charge in [0.1, 0.15) is 6.33 Å². The number of aliphatic hydroxyl groups is 1. The van der Waals surface area contributed by atoms with E-state index in [2.05, 4.69) is 30.6 Å². The van der Waals surface area contributed by atoms with E-state index in [0.29, 0.717) is 24.3 Å². The van der Waals surface area contributed by atoms with Gasteiger partial charge in [0.15, 0.2) is 0 Å². The summed E-state index contributed by atoms with van der Waals surface area (Å²) in [5, 5.41) is 15.2. The Hall–Kier alpha value is -2.22. The first-order valence-electron chi connectivity index (χ1n) is 6.35. The van der Waals surface area contributed by atoms with Crippen molar-refractivity contribution in [3.63, 3.8) is 0 Å². The molecule has 3 N–H and O–H groups in total. The van der Waals surface area contributed by atoms with Gasteiger partial charge in [0, 0.05) is 31.6 Å². The Morgan fingerprint density at radius 1 is 1.25 bits per heavy atom. The quantitative estimate of drug-likeness (QED) is 0.713. The maximum atomic E-state index is 9.07. The lowest BCUT2D eigenvalue weighted by Gasteiger charge is -2.25. The van der Waals surface area contributed by atoms with Crippen LogP contribution in [0.15, 0.2) is 18.7 Å². The second kappa shape index (κ2) is 5.83. The normalized spacial score (nSPS) is 11.4. The molecule has 2 heterocycles. The van der Waals surface area contributed by atoms with Crippen LogP contribution in [-0.2, 0) is 0 Å². The summed E-state index contributed by atoms with van der Waals surface area (Å²) in [4.78, 5) is 16.9. The van der Waals surface area contributed by atoms with Gasteiger partial charge in [0.25, 0.3) is 0 Å². The zero-order valence-corrected chi connectivity index (χ0v) is 11.8. The van der Waals surface area contributed by atoms with Gasteiger partial charge in [-0.3, -0.25) is 4.57 Å². The Morgan fingerprint density at radius 2 is 2.00 bits per heavy atom. The third kappa shape index (κ3) is 3.41. The Labute approximate surface area is 117 Å². The van der Waals surface area contributed by atoms with E-state index in [1.54, 1.807) is 30.3 Å². The summed E-state index contributed by atoms with van der Waals surface area (Å²) in [5.74, 6) is 1.39. The van der Waals surface area contributed by atoms with Crippen LogP contribution in [0.2, 0.25) is 0 Å². The number of imidazole rings is 1. The molecule has 2 aromatic rings. The van der Waals surface area contributed by atoms with Gasteiger partial charge in [-0.15, -0.1) is 0 Å². The van der Waals surface area contributed by atoms with Crippen molar-refractivity contribution in [3.05, 3.63) is 18.7 Å². The van der Waals surface area contributed by atoms with Gasteiger partial charge in [-0.2, -0.15) is 15.0 Å². The van der Waals surface area contributed by atoms with Crippen molar-refractivity contribution in [3.8, 4) is 5.95 Å². The standard InChI is InChI=1S/C12H19N7O/c1-12(2,4-7-20)18-10-15-9(13-3)16-11(17-10)19-6-5-14-8-19/h5-6,8,20H,4,7H2,1-3H3,(H2,13,15,16,17,18). The first kappa shape index (κ1) is 14.2. The number of rotatable bonds is 6. The van der Waals surface area contributed by atoms with Gasteiger partial charge in [0.05, 0.1) is 0 Å². The van der Waals surface area contributed by atoms with Crippen LogP contribution in [0.1, 0.15) is 20.3 Å². The highest BCUT2D eigenvalue weighted by molar-refractivity contribution is 5.39. The fourth-order valence-electron chi connectivity index (χ4n) is 1.67. The molecule has 0 aliphatic carbocycles. The second-order valence-electron chi connectivity index (χ2n) is 4.99. The minimum Gasteiger partial charge on any atom is -0.396 e. The van der Waals surface area contributed by atoms with E-state index in [1.165, 1.54) is 0 Å². The molecule has 0 aliphatic heterocycles. The van der Waals surface area contributed by atoms with Crippen LogP contribution in [0.4, 0.5) is 11.9 Å². The first-order valence-corrected chi connectivity index (χ1v) is 6.35. The molecular weight excluding hydrogens is 258 g/mol. The van der Waals surface area contributed by atoms with Crippen molar-refractivity contribution in [1.29, 1.82) is 0 Å². The Kier molecular flexibility index (Phi) is 4.14. The predicted octanol–water partition coefficient (Wildman–Crippen LogP) is 0.672. The lowest BCUT2D eigenvalue weighted by Crippen LogP contribution is -2.33. The molecule has 0 atom stereocenters. The molecule has 2 aromatic heterocycles. The molecule has 20 heavy (non-hydrogen) atoms. The molecule has 2 rings (SSSR count). The molecule has 0 saturated carbocycles. The van der Waals surface area contributed by atoms with Crippen LogP contribution in [0, 0.1) is 0 Å². The van der Waals surface area contributed by atoms with E-state index in [0.717, 1.165) is 0 Å². The van der Waals surface area contributed by atoms with Crippen molar-refractivity contribution < 1.29 is 5.11 Å². The highest BCUT2D eigenvalue weighted by Crippen LogP contribution is 2.16. The second-order valence-corrected chi connectivity index (χ2v) is 4.99. The zero-order chi connectivity index (χ0) is 14.6. The summed E-state index contributed by atoms with van der Waals surface area (Å²) < 4.78 is 1.70. The Bertz CT molecular complexity index is 553. The summed E-state index contributed by atoms with van der Waals surface area (Å²) in [6.45, 7) is 4.05. The maximum absolute atomic E-state index is 9.07. The summed E-state index contributed by atoms with van der Waals surface area (Å²) in [7, 11) is 1.75. The minimum absolute atomic E-state index is 0.0956. The van der Waals surface area contributed by atoms with Crippen LogP contribution in [-0.4, -0.2) is 48.8 Å². The lowest BCUT2D eigenvalue weighted by molar-refractivity contribution is 0.260. The third-order valence-corrected chi connectivity index (χ3v) is 2.77. The number of aromatic nitrogens is 5. The number of nitrogens with one attached hydrogen (secondary N) is 2. The van der Waals surface area contributed by atoms with Gasteiger partial charge in [-0.25, -0.2) is 4.98 Å².